The maximum Gasteiger partial charge on any atom is 0.312 e. The average molecular weight is 784 g/mol. The van der Waals surface area contributed by atoms with E-state index in [4.69, 9.17) is 29.7 Å². The second kappa shape index (κ2) is 15.4. The summed E-state index contributed by atoms with van der Waals surface area (Å²) < 4.78 is 41.7. The molecule has 0 radical (unpaired) electrons. The fourth-order valence-corrected chi connectivity index (χ4v) is 7.10. The molecule has 0 saturated heterocycles. The molecule has 1 atom stereocenters. The Morgan fingerprint density at radius 2 is 1.42 bits per heavy atom. The molecule has 0 saturated carbocycles. The minimum Gasteiger partial charge on any atom is -0.462 e. The molecule has 50 heavy (non-hydrogen) atoms. The van der Waals surface area contributed by atoms with Gasteiger partial charge >= 0.3 is 6.08 Å². The molecule has 254 valence electrons. The van der Waals surface area contributed by atoms with Crippen molar-refractivity contribution in [3.05, 3.63) is 165 Å². The molecule has 1 aliphatic rings. The Balaban J connectivity index is 1.10. The third kappa shape index (κ3) is 6.80. The van der Waals surface area contributed by atoms with E-state index in [1.165, 1.54) is 0 Å². The molecular weight excluding hydrogens is 748 g/mol. The van der Waals surface area contributed by atoms with Crippen molar-refractivity contribution >= 4 is 39.6 Å². The van der Waals surface area contributed by atoms with Crippen molar-refractivity contribution in [3.8, 4) is 0 Å². The molecule has 0 aliphatic carbocycles. The molecule has 3 heterocycles. The number of benzene rings is 4. The molecule has 2 N–H and O–H groups in total. The van der Waals surface area contributed by atoms with Gasteiger partial charge in [-0.25, -0.2) is 4.98 Å². The number of nitrogens with zero attached hydrogens (tertiary/aromatic N) is 4. The van der Waals surface area contributed by atoms with Crippen LogP contribution in [0.3, 0.4) is 0 Å². The number of nitrogens with two attached hydrogens (primary N) is 1. The van der Waals surface area contributed by atoms with Crippen LogP contribution in [-0.4, -0.2) is 46.1 Å². The minimum absolute atomic E-state index is 0.0385. The molecule has 1 unspecified atom stereocenters. The van der Waals surface area contributed by atoms with Crippen molar-refractivity contribution in [2.75, 3.05) is 32.3 Å². The van der Waals surface area contributed by atoms with Gasteiger partial charge in [-0.05, 0) is 57.3 Å². The molecule has 9 nitrogen and oxygen atoms in total. The zero-order chi connectivity index (χ0) is 34.3. The van der Waals surface area contributed by atoms with E-state index >= 15 is 0 Å². The van der Waals surface area contributed by atoms with Gasteiger partial charge < -0.3 is 29.2 Å². The van der Waals surface area contributed by atoms with Crippen LogP contribution in [0.25, 0.3) is 11.2 Å². The number of hydrogen-bond donors (Lipinski definition) is 1. The number of rotatable bonds is 14. The van der Waals surface area contributed by atoms with Crippen molar-refractivity contribution in [1.29, 1.82) is 0 Å². The second-order valence-electron chi connectivity index (χ2n) is 11.7. The van der Waals surface area contributed by atoms with E-state index < -0.39 is 17.6 Å². The third-order valence-electron chi connectivity index (χ3n) is 8.63. The van der Waals surface area contributed by atoms with Gasteiger partial charge in [0.15, 0.2) is 17.0 Å². The van der Waals surface area contributed by atoms with Gasteiger partial charge in [-0.2, -0.15) is 14.4 Å². The van der Waals surface area contributed by atoms with Crippen molar-refractivity contribution in [3.63, 3.8) is 0 Å². The van der Waals surface area contributed by atoms with Crippen LogP contribution in [0.4, 0.5) is 10.2 Å². The SMILES string of the molecule is Nc1nc(F)nc2c1nc(C(C1=COCO1)c1ccccc1I)n2CCOCCCOC(c1ccccc1)(c1ccccc1)c1ccccc1. The van der Waals surface area contributed by atoms with Crippen LogP contribution in [0.15, 0.2) is 127 Å². The zero-order valence-electron chi connectivity index (χ0n) is 27.1. The highest BCUT2D eigenvalue weighted by atomic mass is 127. The summed E-state index contributed by atoms with van der Waals surface area (Å²) in [6.45, 7) is 1.60. The summed E-state index contributed by atoms with van der Waals surface area (Å²) in [4.78, 5) is 12.7. The number of halogens is 2. The molecule has 11 heteroatoms. The summed E-state index contributed by atoms with van der Waals surface area (Å²) >= 11 is 2.28. The van der Waals surface area contributed by atoms with Crippen molar-refractivity contribution < 1.29 is 23.3 Å². The first kappa shape index (κ1) is 33.6. The van der Waals surface area contributed by atoms with Gasteiger partial charge in [-0.1, -0.05) is 109 Å². The van der Waals surface area contributed by atoms with Crippen LogP contribution < -0.4 is 5.73 Å². The fraction of sp³-hybridized carbons (Fsp3) is 0.205. The molecular formula is C39H35FIN5O4. The molecule has 4 aromatic carbocycles. The summed E-state index contributed by atoms with van der Waals surface area (Å²) in [6.07, 6.45) is 1.30. The minimum atomic E-state index is -0.926. The number of anilines is 1. The average Bonchev–Trinajstić information content (AvgIpc) is 3.81. The highest BCUT2D eigenvalue weighted by Crippen LogP contribution is 2.41. The standard InChI is InChI=1S/C39H35FIN5O4/c40-38-44-35(42)34-37(45-38)46(36(43-34)33(32-25-48-26-49-32)30-19-10-11-20-31(30)41)21-24-47-22-12-23-50-39(27-13-4-1-5-14-27,28-15-6-2-7-16-28)29-17-8-3-9-18-29/h1-11,13-20,25,33H,12,21-24,26H2,(H2,42,44,45). The van der Waals surface area contributed by atoms with Gasteiger partial charge in [0.25, 0.3) is 0 Å². The first-order valence-electron chi connectivity index (χ1n) is 16.3. The Hall–Kier alpha value is -4.85. The van der Waals surface area contributed by atoms with E-state index in [2.05, 4.69) is 69.0 Å². The molecule has 0 amide bonds. The third-order valence-corrected chi connectivity index (χ3v) is 9.61. The topological polar surface area (TPSA) is 107 Å². The van der Waals surface area contributed by atoms with Crippen LogP contribution in [0, 0.1) is 9.65 Å². The molecule has 0 spiro atoms. The second-order valence-corrected chi connectivity index (χ2v) is 12.8. The van der Waals surface area contributed by atoms with Gasteiger partial charge in [-0.15, -0.1) is 0 Å². The number of imidazole rings is 1. The normalized spacial score (nSPS) is 13.5. The van der Waals surface area contributed by atoms with Gasteiger partial charge in [0.2, 0.25) is 6.79 Å². The van der Waals surface area contributed by atoms with Crippen LogP contribution in [0.5, 0.6) is 0 Å². The quantitative estimate of drug-likeness (QED) is 0.0523. The highest BCUT2D eigenvalue weighted by Gasteiger charge is 2.37. The molecule has 7 rings (SSSR count). The first-order valence-corrected chi connectivity index (χ1v) is 17.4. The maximum atomic E-state index is 14.5. The summed E-state index contributed by atoms with van der Waals surface area (Å²) in [5.41, 5.74) is 10.0. The Kier molecular flexibility index (Phi) is 10.3. The lowest BCUT2D eigenvalue weighted by molar-refractivity contribution is -0.000990. The number of fused-ring (bicyclic) bond motifs is 1. The Morgan fingerprint density at radius 3 is 2.02 bits per heavy atom. The van der Waals surface area contributed by atoms with E-state index in [-0.39, 0.29) is 18.3 Å². The molecule has 6 aromatic rings. The number of nitrogen functional groups attached to an aromatic ring is 1. The predicted octanol–water partition coefficient (Wildman–Crippen LogP) is 7.55. The monoisotopic (exact) mass is 783 g/mol. The molecule has 2 aromatic heterocycles. The number of ether oxygens (including phenoxy) is 4. The molecule has 1 aliphatic heterocycles. The zero-order valence-corrected chi connectivity index (χ0v) is 29.3. The van der Waals surface area contributed by atoms with Gasteiger partial charge in [0, 0.05) is 16.7 Å². The summed E-state index contributed by atoms with van der Waals surface area (Å²) in [7, 11) is 0. The Morgan fingerprint density at radius 1 is 0.800 bits per heavy atom. The first-order chi connectivity index (χ1) is 24.6. The van der Waals surface area contributed by atoms with E-state index in [1.807, 2.05) is 83.4 Å². The van der Waals surface area contributed by atoms with Gasteiger partial charge in [-0.3, -0.25) is 0 Å². The Labute approximate surface area is 303 Å². The number of aromatic nitrogens is 4. The predicted molar refractivity (Wildman–Crippen MR) is 196 cm³/mol. The van der Waals surface area contributed by atoms with E-state index in [9.17, 15) is 4.39 Å². The number of allylic oxidation sites excluding steroid dienone is 1. The van der Waals surface area contributed by atoms with Crippen LogP contribution in [-0.2, 0) is 31.1 Å². The van der Waals surface area contributed by atoms with E-state index in [1.54, 1.807) is 6.26 Å². The van der Waals surface area contributed by atoms with Crippen molar-refractivity contribution in [1.82, 2.24) is 19.5 Å². The molecule has 0 fully saturated rings. The van der Waals surface area contributed by atoms with Crippen LogP contribution in [0.2, 0.25) is 0 Å². The molecule has 0 bridgehead atoms. The Bertz CT molecular complexity index is 1980. The maximum absolute atomic E-state index is 14.5. The van der Waals surface area contributed by atoms with Gasteiger partial charge in [0.05, 0.1) is 13.2 Å². The summed E-state index contributed by atoms with van der Waals surface area (Å²) in [5.74, 6) is 0.647. The van der Waals surface area contributed by atoms with Crippen molar-refractivity contribution in [2.45, 2.75) is 24.5 Å². The lowest BCUT2D eigenvalue weighted by Gasteiger charge is -2.36. The fourth-order valence-electron chi connectivity index (χ4n) is 6.40. The van der Waals surface area contributed by atoms with E-state index in [0.29, 0.717) is 49.9 Å². The highest BCUT2D eigenvalue weighted by molar-refractivity contribution is 14.1. The lowest BCUT2D eigenvalue weighted by Crippen LogP contribution is -2.33. The largest absolute Gasteiger partial charge is 0.462 e. The van der Waals surface area contributed by atoms with Gasteiger partial charge in [0.1, 0.15) is 29.4 Å². The van der Waals surface area contributed by atoms with E-state index in [0.717, 1.165) is 25.8 Å². The van der Waals surface area contributed by atoms with Crippen LogP contribution >= 0.6 is 22.6 Å². The number of hydrogen-bond acceptors (Lipinski definition) is 8. The van der Waals surface area contributed by atoms with Crippen LogP contribution in [0.1, 0.15) is 40.4 Å². The van der Waals surface area contributed by atoms with Crippen molar-refractivity contribution in [2.24, 2.45) is 0 Å². The summed E-state index contributed by atoms with van der Waals surface area (Å²) in [5, 5.41) is 0. The summed E-state index contributed by atoms with van der Waals surface area (Å²) in [6, 6.07) is 38.8. The lowest BCUT2D eigenvalue weighted by atomic mass is 9.80. The smallest absolute Gasteiger partial charge is 0.312 e.